The number of hydrogen-bond donors (Lipinski definition) is 1. The van der Waals surface area contributed by atoms with Crippen molar-refractivity contribution in [1.82, 2.24) is 19.7 Å². The topological polar surface area (TPSA) is 90.1 Å². The molecule has 212 valence electrons. The van der Waals surface area contributed by atoms with Gasteiger partial charge in [-0.1, -0.05) is 41.9 Å². The number of carbonyl (C=O) groups is 1. The van der Waals surface area contributed by atoms with Gasteiger partial charge in [0.25, 0.3) is 0 Å². The van der Waals surface area contributed by atoms with E-state index in [1.807, 2.05) is 106 Å². The third kappa shape index (κ3) is 5.17. The van der Waals surface area contributed by atoms with Crippen molar-refractivity contribution in [3.8, 4) is 33.1 Å². The molecule has 3 aromatic carbocycles. The Bertz CT molecular complexity index is 1970. The van der Waals surface area contributed by atoms with Gasteiger partial charge in [-0.2, -0.15) is 5.10 Å². The maximum absolute atomic E-state index is 12.6. The highest BCUT2D eigenvalue weighted by Crippen LogP contribution is 2.44. The third-order valence-corrected chi connectivity index (χ3v) is 8.42. The molecule has 42 heavy (non-hydrogen) atoms. The summed E-state index contributed by atoms with van der Waals surface area (Å²) in [5.74, 6) is -1.05. The first-order chi connectivity index (χ1) is 20.0. The Morgan fingerprint density at radius 1 is 1.05 bits per heavy atom. The zero-order valence-corrected chi connectivity index (χ0v) is 25.4. The van der Waals surface area contributed by atoms with Crippen molar-refractivity contribution in [1.29, 1.82) is 0 Å². The van der Waals surface area contributed by atoms with E-state index >= 15 is 0 Å². The van der Waals surface area contributed by atoms with Crippen LogP contribution < -0.4 is 0 Å². The van der Waals surface area contributed by atoms with Crippen LogP contribution in [0.25, 0.3) is 54.2 Å². The lowest BCUT2D eigenvalue weighted by Gasteiger charge is -2.28. The van der Waals surface area contributed by atoms with E-state index < -0.39 is 17.7 Å². The monoisotopic (exact) mass is 596 g/mol. The molecule has 3 heterocycles. The Morgan fingerprint density at radius 3 is 2.50 bits per heavy atom. The molecule has 6 aromatic rings. The number of hydrogen-bond acceptors (Lipinski definition) is 6. The van der Waals surface area contributed by atoms with Crippen LogP contribution in [0.2, 0.25) is 5.02 Å². The molecule has 0 amide bonds. The van der Waals surface area contributed by atoms with Gasteiger partial charge in [-0.3, -0.25) is 9.67 Å². The summed E-state index contributed by atoms with van der Waals surface area (Å²) in [5.41, 5.74) is 6.62. The van der Waals surface area contributed by atoms with E-state index in [1.165, 1.54) is 11.3 Å². The molecule has 6 rings (SSSR count). The highest BCUT2D eigenvalue weighted by atomic mass is 35.5. The summed E-state index contributed by atoms with van der Waals surface area (Å²) in [5, 5.41) is 17.5. The van der Waals surface area contributed by atoms with E-state index in [1.54, 1.807) is 6.20 Å². The van der Waals surface area contributed by atoms with E-state index in [0.29, 0.717) is 10.6 Å². The number of aromatic nitrogens is 4. The van der Waals surface area contributed by atoms with Gasteiger partial charge in [-0.05, 0) is 75.2 Å². The molecular formula is C33H29ClN4O3S. The van der Waals surface area contributed by atoms with Crippen molar-refractivity contribution in [3.05, 3.63) is 89.1 Å². The molecular weight excluding hydrogens is 568 g/mol. The number of fused-ring (bicyclic) bond motifs is 2. The number of ether oxygens (including phenoxy) is 1. The van der Waals surface area contributed by atoms with Crippen LogP contribution in [0.1, 0.15) is 38.0 Å². The van der Waals surface area contributed by atoms with Crippen LogP contribution in [0.3, 0.4) is 0 Å². The number of thiazole rings is 1. The fourth-order valence-corrected chi connectivity index (χ4v) is 6.51. The highest BCUT2D eigenvalue weighted by molar-refractivity contribution is 7.22. The van der Waals surface area contributed by atoms with Crippen LogP contribution >= 0.6 is 22.9 Å². The zero-order valence-electron chi connectivity index (χ0n) is 23.8. The van der Waals surface area contributed by atoms with Gasteiger partial charge in [0.2, 0.25) is 0 Å². The average Bonchev–Trinajstić information content (AvgIpc) is 3.52. The van der Waals surface area contributed by atoms with Crippen LogP contribution in [0.15, 0.2) is 72.9 Å². The molecule has 7 nitrogen and oxygen atoms in total. The van der Waals surface area contributed by atoms with Gasteiger partial charge in [-0.25, -0.2) is 9.78 Å². The number of carboxylic acids is 1. The predicted octanol–water partition coefficient (Wildman–Crippen LogP) is 8.48. The molecule has 1 N–H and O–H groups in total. The van der Waals surface area contributed by atoms with Gasteiger partial charge in [0.15, 0.2) is 6.10 Å². The summed E-state index contributed by atoms with van der Waals surface area (Å²) in [6.07, 6.45) is 0.602. The second kappa shape index (κ2) is 10.6. The van der Waals surface area contributed by atoms with Crippen molar-refractivity contribution in [3.63, 3.8) is 0 Å². The van der Waals surface area contributed by atoms with E-state index in [-0.39, 0.29) is 0 Å². The Kier molecular flexibility index (Phi) is 7.09. The van der Waals surface area contributed by atoms with E-state index in [0.717, 1.165) is 59.8 Å². The molecule has 0 saturated heterocycles. The largest absolute Gasteiger partial charge is 0.479 e. The van der Waals surface area contributed by atoms with Gasteiger partial charge in [0.1, 0.15) is 10.7 Å². The Morgan fingerprint density at radius 2 is 1.79 bits per heavy atom. The van der Waals surface area contributed by atoms with Crippen LogP contribution in [0.5, 0.6) is 0 Å². The third-order valence-electron chi connectivity index (χ3n) is 7.03. The van der Waals surface area contributed by atoms with Gasteiger partial charge < -0.3 is 9.84 Å². The lowest BCUT2D eigenvalue weighted by atomic mass is 9.91. The summed E-state index contributed by atoms with van der Waals surface area (Å²) in [7, 11) is 1.93. The van der Waals surface area contributed by atoms with Gasteiger partial charge >= 0.3 is 5.97 Å². The van der Waals surface area contributed by atoms with Gasteiger partial charge in [0.05, 0.1) is 27.0 Å². The number of benzene rings is 3. The zero-order chi connectivity index (χ0) is 29.8. The van der Waals surface area contributed by atoms with E-state index in [4.69, 9.17) is 26.4 Å². The second-order valence-electron chi connectivity index (χ2n) is 11.2. The smallest absolute Gasteiger partial charge is 0.337 e. The molecule has 0 bridgehead atoms. The molecule has 9 heteroatoms. The first kappa shape index (κ1) is 28.0. The Hall–Kier alpha value is -4.11. The SMILES string of the molecule is Cc1cc2nc(-c3ccnc(-c4nn(C)c5ccccc45)c3)sc2c(-c2ccc(Cl)cc2)c1C(OC(C)(C)C)C(=O)O. The minimum absolute atomic E-state index is 0.598. The van der Waals surface area contributed by atoms with Crippen LogP contribution in [-0.4, -0.2) is 36.4 Å². The van der Waals surface area contributed by atoms with Crippen LogP contribution in [-0.2, 0) is 16.6 Å². The molecule has 0 spiro atoms. The van der Waals surface area contributed by atoms with Gasteiger partial charge in [0, 0.05) is 40.3 Å². The number of para-hydroxylation sites is 1. The number of rotatable bonds is 6. The maximum Gasteiger partial charge on any atom is 0.337 e. The van der Waals surface area contributed by atoms with Crippen molar-refractivity contribution in [2.45, 2.75) is 39.4 Å². The van der Waals surface area contributed by atoms with Crippen molar-refractivity contribution in [2.24, 2.45) is 7.05 Å². The summed E-state index contributed by atoms with van der Waals surface area (Å²) < 4.78 is 8.87. The standard InChI is InChI=1S/C33H29ClN4O3S/c1-18-16-24-30(27(19-10-12-21(34)13-11-19)26(18)29(32(39)40)41-33(2,3)4)42-31(36-24)20-14-15-35-23(17-20)28-22-8-6-7-9-25(22)38(5)37-28/h6-17,29H,1-5H3,(H,39,40). The Balaban J connectivity index is 1.56. The lowest BCUT2D eigenvalue weighted by molar-refractivity contribution is -0.160. The molecule has 0 aliphatic rings. The van der Waals surface area contributed by atoms with Crippen molar-refractivity contribution < 1.29 is 14.6 Å². The maximum atomic E-state index is 12.6. The van der Waals surface area contributed by atoms with Crippen LogP contribution in [0.4, 0.5) is 0 Å². The minimum atomic E-state index is -1.17. The predicted molar refractivity (Wildman–Crippen MR) is 169 cm³/mol. The molecule has 1 unspecified atom stereocenters. The number of pyridine rings is 1. The van der Waals surface area contributed by atoms with Crippen LogP contribution in [0, 0.1) is 6.92 Å². The van der Waals surface area contributed by atoms with E-state index in [2.05, 4.69) is 4.98 Å². The van der Waals surface area contributed by atoms with Gasteiger partial charge in [-0.15, -0.1) is 11.3 Å². The van der Waals surface area contributed by atoms with Crippen molar-refractivity contribution in [2.75, 3.05) is 0 Å². The molecule has 0 aliphatic carbocycles. The minimum Gasteiger partial charge on any atom is -0.479 e. The molecule has 0 radical (unpaired) electrons. The summed E-state index contributed by atoms with van der Waals surface area (Å²) in [4.78, 5) is 22.3. The first-order valence-corrected chi connectivity index (χ1v) is 14.7. The molecule has 3 aromatic heterocycles. The number of nitrogens with zero attached hydrogens (tertiary/aromatic N) is 4. The normalized spacial score (nSPS) is 12.7. The summed E-state index contributed by atoms with van der Waals surface area (Å²) in [6, 6.07) is 21.4. The lowest BCUT2D eigenvalue weighted by Crippen LogP contribution is -2.28. The molecule has 1 atom stereocenters. The second-order valence-corrected chi connectivity index (χ2v) is 12.7. The number of aliphatic carboxylic acids is 1. The number of halogens is 1. The number of carboxylic acid groups (broad SMARTS) is 1. The highest BCUT2D eigenvalue weighted by Gasteiger charge is 2.32. The fraction of sp³-hybridized carbons (Fsp3) is 0.212. The number of aryl methyl sites for hydroxylation is 2. The first-order valence-electron chi connectivity index (χ1n) is 13.5. The summed E-state index contributed by atoms with van der Waals surface area (Å²) >= 11 is 7.75. The summed E-state index contributed by atoms with van der Waals surface area (Å²) in [6.45, 7) is 7.48. The van der Waals surface area contributed by atoms with Crippen molar-refractivity contribution >= 4 is 50.0 Å². The molecule has 0 aliphatic heterocycles. The van der Waals surface area contributed by atoms with E-state index in [9.17, 15) is 9.90 Å². The molecule has 0 fully saturated rings. The molecule has 0 saturated carbocycles. The average molecular weight is 597 g/mol. The quantitative estimate of drug-likeness (QED) is 0.207. The fourth-order valence-electron chi connectivity index (χ4n) is 5.26. The Labute approximate surface area is 252 Å².